The van der Waals surface area contributed by atoms with E-state index in [2.05, 4.69) is 19.9 Å². The van der Waals surface area contributed by atoms with Crippen molar-refractivity contribution >= 4 is 17.2 Å². The molecule has 0 amide bonds. The molecular weight excluding hydrogens is 331 g/mol. The molecule has 0 saturated carbocycles. The minimum Gasteiger partial charge on any atom is -0.397 e. The number of nitrogens with zero attached hydrogens (tertiary/aromatic N) is 4. The van der Waals surface area contributed by atoms with Crippen LogP contribution in [0, 0.1) is 5.82 Å². The number of aliphatic imine (C=N–C) groups is 1. The Kier molecular flexibility index (Phi) is 5.28. The first kappa shape index (κ1) is 17.2. The minimum absolute atomic E-state index is 0.117. The molecule has 2 aromatic heterocycles. The average Bonchev–Trinajstić information content (AvgIpc) is 2.67. The van der Waals surface area contributed by atoms with E-state index in [9.17, 15) is 4.39 Å². The molecular formula is C19H17FN6. The molecule has 0 spiro atoms. The first-order valence-electron chi connectivity index (χ1n) is 7.89. The zero-order chi connectivity index (χ0) is 18.4. The molecule has 0 bridgehead atoms. The monoisotopic (exact) mass is 348 g/mol. The Bertz CT molecular complexity index is 953. The van der Waals surface area contributed by atoms with E-state index in [1.165, 1.54) is 12.3 Å². The molecule has 6 nitrogen and oxygen atoms in total. The van der Waals surface area contributed by atoms with Crippen LogP contribution in [-0.4, -0.2) is 20.7 Å². The number of halogens is 1. The Morgan fingerprint density at radius 2 is 1.85 bits per heavy atom. The van der Waals surface area contributed by atoms with Crippen LogP contribution in [0.15, 0.2) is 72.0 Å². The fourth-order valence-electron chi connectivity index (χ4n) is 2.23. The number of nitrogens with two attached hydrogens (primary N) is 2. The fourth-order valence-corrected chi connectivity index (χ4v) is 2.23. The van der Waals surface area contributed by atoms with E-state index in [0.717, 1.165) is 0 Å². The number of rotatable bonds is 5. The largest absolute Gasteiger partial charge is 0.397 e. The summed E-state index contributed by atoms with van der Waals surface area (Å²) in [6, 6.07) is 13.4. The summed E-state index contributed by atoms with van der Waals surface area (Å²) >= 11 is 0. The predicted molar refractivity (Wildman–Crippen MR) is 99.5 cm³/mol. The first-order chi connectivity index (χ1) is 12.6. The Balaban J connectivity index is 1.99. The van der Waals surface area contributed by atoms with Crippen molar-refractivity contribution in [1.82, 2.24) is 15.0 Å². The number of nitrogen functional groups attached to an aromatic ring is 1. The molecule has 0 unspecified atom stereocenters. The van der Waals surface area contributed by atoms with Crippen LogP contribution < -0.4 is 11.5 Å². The van der Waals surface area contributed by atoms with Crippen LogP contribution in [0.2, 0.25) is 0 Å². The van der Waals surface area contributed by atoms with Crippen LogP contribution in [0.3, 0.4) is 0 Å². The highest BCUT2D eigenvalue weighted by Gasteiger charge is 2.09. The molecule has 0 aliphatic carbocycles. The van der Waals surface area contributed by atoms with E-state index in [-0.39, 0.29) is 12.4 Å². The minimum atomic E-state index is -0.328. The van der Waals surface area contributed by atoms with Crippen LogP contribution in [0.25, 0.3) is 5.70 Å². The van der Waals surface area contributed by atoms with Crippen molar-refractivity contribution in [2.24, 2.45) is 10.7 Å². The summed E-state index contributed by atoms with van der Waals surface area (Å²) in [5.41, 5.74) is 13.7. The maximum atomic E-state index is 13.9. The molecule has 0 saturated heterocycles. The highest BCUT2D eigenvalue weighted by Crippen LogP contribution is 2.11. The van der Waals surface area contributed by atoms with Crippen molar-refractivity contribution < 1.29 is 4.39 Å². The summed E-state index contributed by atoms with van der Waals surface area (Å²) in [5, 5.41) is 0. The van der Waals surface area contributed by atoms with Crippen LogP contribution in [0.4, 0.5) is 10.2 Å². The third kappa shape index (κ3) is 4.27. The number of hydrogen-bond donors (Lipinski definition) is 2. The van der Waals surface area contributed by atoms with Crippen molar-refractivity contribution in [3.8, 4) is 0 Å². The number of anilines is 1. The second-order valence-corrected chi connectivity index (χ2v) is 5.41. The average molecular weight is 348 g/mol. The van der Waals surface area contributed by atoms with Gasteiger partial charge in [-0.2, -0.15) is 0 Å². The number of benzene rings is 1. The second-order valence-electron chi connectivity index (χ2n) is 5.41. The number of allylic oxidation sites excluding steroid dienone is 1. The Morgan fingerprint density at radius 3 is 2.58 bits per heavy atom. The van der Waals surface area contributed by atoms with Crippen molar-refractivity contribution in [1.29, 1.82) is 0 Å². The van der Waals surface area contributed by atoms with Gasteiger partial charge in [-0.05, 0) is 30.3 Å². The molecule has 4 N–H and O–H groups in total. The summed E-state index contributed by atoms with van der Waals surface area (Å²) < 4.78 is 13.9. The number of pyridine rings is 1. The third-order valence-electron chi connectivity index (χ3n) is 3.54. The van der Waals surface area contributed by atoms with Gasteiger partial charge in [0.2, 0.25) is 0 Å². The highest BCUT2D eigenvalue weighted by molar-refractivity contribution is 6.09. The number of aromatic nitrogens is 3. The lowest BCUT2D eigenvalue weighted by Gasteiger charge is -2.05. The SMILES string of the molecule is NC(=CC(=NCc1ccccc1F)c1nccc(N)n1)c1ccccn1. The van der Waals surface area contributed by atoms with Crippen molar-refractivity contribution in [2.75, 3.05) is 5.73 Å². The van der Waals surface area contributed by atoms with Crippen LogP contribution in [-0.2, 0) is 6.54 Å². The van der Waals surface area contributed by atoms with E-state index in [4.69, 9.17) is 11.5 Å². The summed E-state index contributed by atoms with van der Waals surface area (Å²) in [7, 11) is 0. The second kappa shape index (κ2) is 7.98. The van der Waals surface area contributed by atoms with Gasteiger partial charge in [-0.1, -0.05) is 24.3 Å². The van der Waals surface area contributed by atoms with E-state index < -0.39 is 0 Å². The molecule has 7 heteroatoms. The van der Waals surface area contributed by atoms with E-state index in [1.54, 1.807) is 48.7 Å². The highest BCUT2D eigenvalue weighted by atomic mass is 19.1. The maximum Gasteiger partial charge on any atom is 0.179 e. The van der Waals surface area contributed by atoms with Gasteiger partial charge in [0.25, 0.3) is 0 Å². The zero-order valence-electron chi connectivity index (χ0n) is 13.9. The molecule has 0 aliphatic rings. The molecule has 3 aromatic rings. The fraction of sp³-hybridized carbons (Fsp3) is 0.0526. The molecule has 26 heavy (non-hydrogen) atoms. The van der Waals surface area contributed by atoms with Crippen molar-refractivity contribution in [3.05, 3.63) is 89.9 Å². The zero-order valence-corrected chi connectivity index (χ0v) is 13.9. The van der Waals surface area contributed by atoms with Gasteiger partial charge in [-0.15, -0.1) is 0 Å². The molecule has 0 radical (unpaired) electrons. The maximum absolute atomic E-state index is 13.9. The van der Waals surface area contributed by atoms with Crippen LogP contribution >= 0.6 is 0 Å². The lowest BCUT2D eigenvalue weighted by Crippen LogP contribution is -2.10. The number of hydrogen-bond acceptors (Lipinski definition) is 6. The Hall–Kier alpha value is -3.61. The summed E-state index contributed by atoms with van der Waals surface area (Å²) in [4.78, 5) is 17.0. The molecule has 1 aromatic carbocycles. The standard InChI is InChI=1S/C19H17FN6/c20-14-6-2-1-5-13(14)12-25-17(19-24-10-8-18(22)26-19)11-15(21)16-7-3-4-9-23-16/h1-11H,12,21H2,(H2,22,24,26). The Morgan fingerprint density at radius 1 is 1.04 bits per heavy atom. The van der Waals surface area contributed by atoms with Gasteiger partial charge in [-0.25, -0.2) is 14.4 Å². The van der Waals surface area contributed by atoms with Gasteiger partial charge in [0.05, 0.1) is 17.9 Å². The van der Waals surface area contributed by atoms with Crippen molar-refractivity contribution in [3.63, 3.8) is 0 Å². The predicted octanol–water partition coefficient (Wildman–Crippen LogP) is 2.58. The smallest absolute Gasteiger partial charge is 0.179 e. The molecule has 130 valence electrons. The summed E-state index contributed by atoms with van der Waals surface area (Å²) in [6.07, 6.45) is 4.78. The van der Waals surface area contributed by atoms with Gasteiger partial charge in [0.15, 0.2) is 5.82 Å². The molecule has 2 heterocycles. The normalized spacial score (nSPS) is 12.2. The van der Waals surface area contributed by atoms with Gasteiger partial charge in [0.1, 0.15) is 17.3 Å². The first-order valence-corrected chi connectivity index (χ1v) is 7.89. The van der Waals surface area contributed by atoms with Gasteiger partial charge >= 0.3 is 0 Å². The van der Waals surface area contributed by atoms with E-state index in [0.29, 0.717) is 34.3 Å². The quantitative estimate of drug-likeness (QED) is 0.690. The van der Waals surface area contributed by atoms with Crippen LogP contribution in [0.1, 0.15) is 17.1 Å². The summed E-state index contributed by atoms with van der Waals surface area (Å²) in [5.74, 6) is 0.282. The van der Waals surface area contributed by atoms with E-state index in [1.807, 2.05) is 6.07 Å². The lowest BCUT2D eigenvalue weighted by molar-refractivity contribution is 0.611. The topological polar surface area (TPSA) is 103 Å². The molecule has 3 rings (SSSR count). The summed E-state index contributed by atoms with van der Waals surface area (Å²) in [6.45, 7) is 0.117. The molecule has 0 fully saturated rings. The lowest BCUT2D eigenvalue weighted by atomic mass is 10.2. The van der Waals surface area contributed by atoms with Crippen molar-refractivity contribution in [2.45, 2.75) is 6.54 Å². The molecule has 0 atom stereocenters. The van der Waals surface area contributed by atoms with Gasteiger partial charge in [0, 0.05) is 18.0 Å². The van der Waals surface area contributed by atoms with Crippen LogP contribution in [0.5, 0.6) is 0 Å². The Labute approximate surface area is 150 Å². The van der Waals surface area contributed by atoms with Gasteiger partial charge in [-0.3, -0.25) is 9.98 Å². The third-order valence-corrected chi connectivity index (χ3v) is 3.54. The van der Waals surface area contributed by atoms with Gasteiger partial charge < -0.3 is 11.5 Å². The molecule has 0 aliphatic heterocycles. The van der Waals surface area contributed by atoms with E-state index >= 15 is 0 Å².